The van der Waals surface area contributed by atoms with E-state index in [4.69, 9.17) is 0 Å². The second-order valence-electron chi connectivity index (χ2n) is 7.11. The lowest BCUT2D eigenvalue weighted by atomic mass is 9.81. The summed E-state index contributed by atoms with van der Waals surface area (Å²) in [6.45, 7) is 3.74. The van der Waals surface area contributed by atoms with Gasteiger partial charge >= 0.3 is 0 Å². The Morgan fingerprint density at radius 2 is 2.08 bits per heavy atom. The van der Waals surface area contributed by atoms with Crippen molar-refractivity contribution in [3.63, 3.8) is 0 Å². The summed E-state index contributed by atoms with van der Waals surface area (Å²) in [5, 5.41) is 0. The van der Waals surface area contributed by atoms with Crippen LogP contribution in [0.1, 0.15) is 54.6 Å². The molecule has 1 amide bonds. The number of fused-ring (bicyclic) bond motifs is 1. The Balaban J connectivity index is 1.54. The van der Waals surface area contributed by atoms with Crippen molar-refractivity contribution in [2.45, 2.75) is 51.0 Å². The van der Waals surface area contributed by atoms with Gasteiger partial charge in [0, 0.05) is 25.5 Å². The van der Waals surface area contributed by atoms with Crippen LogP contribution in [0.25, 0.3) is 0 Å². The van der Waals surface area contributed by atoms with Gasteiger partial charge in [-0.05, 0) is 50.2 Å². The number of aromatic nitrogens is 2. The zero-order valence-corrected chi connectivity index (χ0v) is 14.3. The largest absolute Gasteiger partial charge is 0.340 e. The standard InChI is InChI=1S/C20H25N3O/c1-15-21-11-13-23(15)17-8-5-12-22(14-17)20(24)19-10-4-7-16-6-2-3-9-18(16)19/h2-3,6,9,11,13,17,19H,4-5,7-8,10,12,14H2,1H3/t17-,19+/m1/s1. The van der Waals surface area contributed by atoms with E-state index in [1.807, 2.05) is 19.3 Å². The van der Waals surface area contributed by atoms with Crippen LogP contribution in [-0.4, -0.2) is 33.4 Å². The van der Waals surface area contributed by atoms with Gasteiger partial charge in [-0.25, -0.2) is 4.98 Å². The van der Waals surface area contributed by atoms with Gasteiger partial charge < -0.3 is 9.47 Å². The quantitative estimate of drug-likeness (QED) is 0.849. The summed E-state index contributed by atoms with van der Waals surface area (Å²) >= 11 is 0. The fourth-order valence-corrected chi connectivity index (χ4v) is 4.39. The third-order valence-electron chi connectivity index (χ3n) is 5.63. The maximum atomic E-state index is 13.2. The summed E-state index contributed by atoms with van der Waals surface area (Å²) in [6, 6.07) is 8.85. The first kappa shape index (κ1) is 15.4. The average molecular weight is 323 g/mol. The zero-order valence-electron chi connectivity index (χ0n) is 14.3. The molecule has 1 fully saturated rings. The van der Waals surface area contributed by atoms with Gasteiger partial charge in [-0.2, -0.15) is 0 Å². The van der Waals surface area contributed by atoms with E-state index >= 15 is 0 Å². The van der Waals surface area contributed by atoms with Crippen molar-refractivity contribution in [2.75, 3.05) is 13.1 Å². The van der Waals surface area contributed by atoms with Gasteiger partial charge in [0.1, 0.15) is 5.82 Å². The van der Waals surface area contributed by atoms with Crippen molar-refractivity contribution in [3.8, 4) is 0 Å². The second-order valence-corrected chi connectivity index (χ2v) is 7.11. The number of aryl methyl sites for hydroxylation is 2. The van der Waals surface area contributed by atoms with E-state index in [1.54, 1.807) is 0 Å². The van der Waals surface area contributed by atoms with Crippen LogP contribution in [0.5, 0.6) is 0 Å². The predicted molar refractivity (Wildman–Crippen MR) is 93.9 cm³/mol. The van der Waals surface area contributed by atoms with Gasteiger partial charge in [0.2, 0.25) is 5.91 Å². The molecular formula is C20H25N3O. The van der Waals surface area contributed by atoms with Gasteiger partial charge in [0.05, 0.1) is 12.0 Å². The fraction of sp³-hybridized carbons (Fsp3) is 0.500. The highest BCUT2D eigenvalue weighted by atomic mass is 16.2. The summed E-state index contributed by atoms with van der Waals surface area (Å²) in [5.41, 5.74) is 2.62. The molecule has 0 bridgehead atoms. The molecule has 2 aromatic rings. The fourth-order valence-electron chi connectivity index (χ4n) is 4.39. The number of carbonyl (C=O) groups excluding carboxylic acids is 1. The van der Waals surface area contributed by atoms with Crippen LogP contribution in [0, 0.1) is 6.92 Å². The number of hydrogen-bond acceptors (Lipinski definition) is 2. The predicted octanol–water partition coefficient (Wildman–Crippen LogP) is 3.48. The van der Waals surface area contributed by atoms with Crippen molar-refractivity contribution >= 4 is 5.91 Å². The highest BCUT2D eigenvalue weighted by molar-refractivity contribution is 5.84. The number of imidazole rings is 1. The molecule has 4 rings (SSSR count). The van der Waals surface area contributed by atoms with E-state index in [1.165, 1.54) is 11.1 Å². The number of benzene rings is 1. The van der Waals surface area contributed by atoms with E-state index in [9.17, 15) is 4.79 Å². The van der Waals surface area contributed by atoms with Crippen LogP contribution < -0.4 is 0 Å². The lowest BCUT2D eigenvalue weighted by molar-refractivity contribution is -0.134. The van der Waals surface area contributed by atoms with E-state index in [0.29, 0.717) is 11.9 Å². The van der Waals surface area contributed by atoms with Crippen LogP contribution in [0.15, 0.2) is 36.7 Å². The summed E-state index contributed by atoms with van der Waals surface area (Å²) in [6.07, 6.45) is 9.31. The maximum absolute atomic E-state index is 13.2. The Morgan fingerprint density at radius 3 is 2.92 bits per heavy atom. The number of hydrogen-bond donors (Lipinski definition) is 0. The molecule has 4 heteroatoms. The van der Waals surface area contributed by atoms with Crippen molar-refractivity contribution in [3.05, 3.63) is 53.6 Å². The third-order valence-corrected chi connectivity index (χ3v) is 5.63. The number of nitrogens with zero attached hydrogens (tertiary/aromatic N) is 3. The monoisotopic (exact) mass is 323 g/mol. The summed E-state index contributed by atoms with van der Waals surface area (Å²) in [5.74, 6) is 1.42. The smallest absolute Gasteiger partial charge is 0.230 e. The summed E-state index contributed by atoms with van der Waals surface area (Å²) in [4.78, 5) is 19.7. The van der Waals surface area contributed by atoms with E-state index in [2.05, 4.69) is 38.7 Å². The Bertz CT molecular complexity index is 736. The van der Waals surface area contributed by atoms with Crippen molar-refractivity contribution in [1.82, 2.24) is 14.5 Å². The molecule has 2 atom stereocenters. The first-order chi connectivity index (χ1) is 11.7. The van der Waals surface area contributed by atoms with Crippen LogP contribution in [-0.2, 0) is 11.2 Å². The minimum atomic E-state index is 0.0533. The van der Waals surface area contributed by atoms with Crippen molar-refractivity contribution in [1.29, 1.82) is 0 Å². The molecular weight excluding hydrogens is 298 g/mol. The molecule has 0 radical (unpaired) electrons. The molecule has 24 heavy (non-hydrogen) atoms. The summed E-state index contributed by atoms with van der Waals surface area (Å²) < 4.78 is 2.23. The van der Waals surface area contributed by atoms with Gasteiger partial charge in [-0.1, -0.05) is 24.3 Å². The third kappa shape index (κ3) is 2.74. The molecule has 2 heterocycles. The van der Waals surface area contributed by atoms with Crippen molar-refractivity contribution < 1.29 is 4.79 Å². The van der Waals surface area contributed by atoms with Gasteiger partial charge in [-0.3, -0.25) is 4.79 Å². The molecule has 1 saturated heterocycles. The highest BCUT2D eigenvalue weighted by Crippen LogP contribution is 2.34. The van der Waals surface area contributed by atoms with Gasteiger partial charge in [0.25, 0.3) is 0 Å². The number of rotatable bonds is 2. The Kier molecular flexibility index (Phi) is 4.13. The Hall–Kier alpha value is -2.10. The minimum Gasteiger partial charge on any atom is -0.340 e. The molecule has 1 aromatic heterocycles. The number of carbonyl (C=O) groups is 1. The topological polar surface area (TPSA) is 38.1 Å². The van der Waals surface area contributed by atoms with Gasteiger partial charge in [-0.15, -0.1) is 0 Å². The Labute approximate surface area is 143 Å². The van der Waals surface area contributed by atoms with E-state index in [0.717, 1.165) is 51.0 Å². The molecule has 0 spiro atoms. The van der Waals surface area contributed by atoms with Crippen LogP contribution >= 0.6 is 0 Å². The number of likely N-dealkylation sites (tertiary alicyclic amines) is 1. The molecule has 4 nitrogen and oxygen atoms in total. The second kappa shape index (κ2) is 6.42. The average Bonchev–Trinajstić information content (AvgIpc) is 3.07. The van der Waals surface area contributed by atoms with Crippen LogP contribution in [0.3, 0.4) is 0 Å². The molecule has 0 saturated carbocycles. The highest BCUT2D eigenvalue weighted by Gasteiger charge is 2.32. The number of amides is 1. The molecule has 2 aliphatic rings. The lowest BCUT2D eigenvalue weighted by Gasteiger charge is -2.37. The van der Waals surface area contributed by atoms with E-state index in [-0.39, 0.29) is 5.92 Å². The van der Waals surface area contributed by atoms with Crippen LogP contribution in [0.2, 0.25) is 0 Å². The molecule has 1 aliphatic heterocycles. The minimum absolute atomic E-state index is 0.0533. The maximum Gasteiger partial charge on any atom is 0.230 e. The zero-order chi connectivity index (χ0) is 16.5. The molecule has 0 N–H and O–H groups in total. The number of piperidine rings is 1. The lowest BCUT2D eigenvalue weighted by Crippen LogP contribution is -2.43. The SMILES string of the molecule is Cc1nccn1[C@@H]1CCCN(C(=O)[C@H]2CCCc3ccccc32)C1. The van der Waals surface area contributed by atoms with Gasteiger partial charge in [0.15, 0.2) is 0 Å². The van der Waals surface area contributed by atoms with Crippen LogP contribution in [0.4, 0.5) is 0 Å². The molecule has 1 aromatic carbocycles. The first-order valence-corrected chi connectivity index (χ1v) is 9.10. The van der Waals surface area contributed by atoms with Crippen molar-refractivity contribution in [2.24, 2.45) is 0 Å². The molecule has 126 valence electrons. The summed E-state index contributed by atoms with van der Waals surface area (Å²) in [7, 11) is 0. The molecule has 1 aliphatic carbocycles. The van der Waals surface area contributed by atoms with E-state index < -0.39 is 0 Å². The normalized spacial score (nSPS) is 23.8. The first-order valence-electron chi connectivity index (χ1n) is 9.10. The Morgan fingerprint density at radius 1 is 1.21 bits per heavy atom. The molecule has 0 unspecified atom stereocenters.